The minimum Gasteiger partial charge on any atom is -0.394 e. The van der Waals surface area contributed by atoms with E-state index in [2.05, 4.69) is 5.32 Å². The molecule has 100 valence electrons. The zero-order valence-electron chi connectivity index (χ0n) is 11.0. The number of aliphatic hydroxyl groups excluding tert-OH is 1. The highest BCUT2D eigenvalue weighted by Crippen LogP contribution is 2.31. The van der Waals surface area contributed by atoms with Crippen LogP contribution in [0.15, 0.2) is 0 Å². The van der Waals surface area contributed by atoms with Crippen molar-refractivity contribution in [1.29, 1.82) is 0 Å². The van der Waals surface area contributed by atoms with Crippen LogP contribution in [0.4, 0.5) is 0 Å². The van der Waals surface area contributed by atoms with E-state index >= 15 is 0 Å². The van der Waals surface area contributed by atoms with E-state index in [4.69, 9.17) is 9.84 Å². The predicted octanol–water partition coefficient (Wildman–Crippen LogP) is -0.158. The molecule has 5 heteroatoms. The topological polar surface area (TPSA) is 61.8 Å². The van der Waals surface area contributed by atoms with Crippen molar-refractivity contribution in [2.75, 3.05) is 40.5 Å². The average molecular weight is 244 g/mol. The monoisotopic (exact) mass is 244 g/mol. The number of nitrogens with zero attached hydrogens (tertiary/aromatic N) is 1. The molecule has 0 aliphatic carbocycles. The van der Waals surface area contributed by atoms with Crippen LogP contribution in [0.2, 0.25) is 0 Å². The number of piperidine rings is 1. The summed E-state index contributed by atoms with van der Waals surface area (Å²) in [7, 11) is 3.38. The molecule has 0 bridgehead atoms. The molecule has 17 heavy (non-hydrogen) atoms. The molecule has 0 aromatic rings. The fraction of sp³-hybridized carbons (Fsp3) is 0.917. The second-order valence-corrected chi connectivity index (χ2v) is 4.91. The molecule has 0 aromatic carbocycles. The van der Waals surface area contributed by atoms with Crippen molar-refractivity contribution in [1.82, 2.24) is 10.2 Å². The molecule has 0 radical (unpaired) electrons. The Morgan fingerprint density at radius 2 is 2.12 bits per heavy atom. The standard InChI is InChI=1S/C12H24N2O3/c1-10(8-15)14(2)11(16)12(9-17-3)4-6-13-7-5-12/h10,13,15H,4-9H2,1-3H3. The number of nitrogens with one attached hydrogen (secondary N) is 1. The summed E-state index contributed by atoms with van der Waals surface area (Å²) in [5.41, 5.74) is -0.418. The smallest absolute Gasteiger partial charge is 0.231 e. The van der Waals surface area contributed by atoms with Crippen LogP contribution in [0.3, 0.4) is 0 Å². The van der Waals surface area contributed by atoms with Gasteiger partial charge in [0.2, 0.25) is 5.91 Å². The maximum atomic E-state index is 12.5. The first-order valence-corrected chi connectivity index (χ1v) is 6.15. The molecule has 1 heterocycles. The third-order valence-corrected chi connectivity index (χ3v) is 3.68. The van der Waals surface area contributed by atoms with Crippen LogP contribution in [0.1, 0.15) is 19.8 Å². The predicted molar refractivity (Wildman–Crippen MR) is 65.7 cm³/mol. The summed E-state index contributed by atoms with van der Waals surface area (Å²) in [6, 6.07) is -0.147. The van der Waals surface area contributed by atoms with Gasteiger partial charge in [-0.25, -0.2) is 0 Å². The third kappa shape index (κ3) is 3.18. The van der Waals surface area contributed by atoms with E-state index in [1.807, 2.05) is 6.92 Å². The summed E-state index contributed by atoms with van der Waals surface area (Å²) in [4.78, 5) is 14.2. The van der Waals surface area contributed by atoms with Gasteiger partial charge in [-0.1, -0.05) is 0 Å². The fourth-order valence-corrected chi connectivity index (χ4v) is 2.30. The summed E-state index contributed by atoms with van der Waals surface area (Å²) >= 11 is 0. The molecular weight excluding hydrogens is 220 g/mol. The first-order valence-electron chi connectivity index (χ1n) is 6.15. The first-order chi connectivity index (χ1) is 8.07. The molecule has 1 rings (SSSR count). The SMILES string of the molecule is COCC1(C(=O)N(C)C(C)CO)CCNCC1. The van der Waals surface area contributed by atoms with Crippen LogP contribution < -0.4 is 5.32 Å². The van der Waals surface area contributed by atoms with Gasteiger partial charge in [0.1, 0.15) is 0 Å². The quantitative estimate of drug-likeness (QED) is 0.705. The Kier molecular flexibility index (Phi) is 5.36. The molecule has 0 aromatic heterocycles. The Morgan fingerprint density at radius 3 is 2.59 bits per heavy atom. The van der Waals surface area contributed by atoms with Gasteiger partial charge in [-0.3, -0.25) is 4.79 Å². The Hall–Kier alpha value is -0.650. The fourth-order valence-electron chi connectivity index (χ4n) is 2.30. The molecule has 1 atom stereocenters. The lowest BCUT2D eigenvalue weighted by Gasteiger charge is -2.39. The van der Waals surface area contributed by atoms with Gasteiger partial charge in [-0.05, 0) is 32.9 Å². The number of likely N-dealkylation sites (N-methyl/N-ethyl adjacent to an activating group) is 1. The molecule has 1 amide bonds. The van der Waals surface area contributed by atoms with Gasteiger partial charge < -0.3 is 20.1 Å². The van der Waals surface area contributed by atoms with Gasteiger partial charge in [0.15, 0.2) is 0 Å². The normalized spacial score (nSPS) is 20.9. The number of methoxy groups -OCH3 is 1. The maximum Gasteiger partial charge on any atom is 0.231 e. The molecule has 1 unspecified atom stereocenters. The number of amides is 1. The highest BCUT2D eigenvalue weighted by Gasteiger charge is 2.42. The van der Waals surface area contributed by atoms with Crippen LogP contribution in [0, 0.1) is 5.41 Å². The van der Waals surface area contributed by atoms with E-state index in [1.54, 1.807) is 19.1 Å². The minimum atomic E-state index is -0.418. The summed E-state index contributed by atoms with van der Waals surface area (Å²) in [6.07, 6.45) is 1.59. The number of ether oxygens (including phenoxy) is 1. The number of hydrogen-bond acceptors (Lipinski definition) is 4. The Balaban J connectivity index is 2.78. The Bertz CT molecular complexity index is 247. The summed E-state index contributed by atoms with van der Waals surface area (Å²) in [6.45, 7) is 3.98. The van der Waals surface area contributed by atoms with Crippen LogP contribution in [0.25, 0.3) is 0 Å². The molecule has 1 aliphatic heterocycles. The van der Waals surface area contributed by atoms with Crippen molar-refractivity contribution in [3.05, 3.63) is 0 Å². The van der Waals surface area contributed by atoms with Crippen molar-refractivity contribution in [2.45, 2.75) is 25.8 Å². The van der Waals surface area contributed by atoms with Crippen molar-refractivity contribution in [3.8, 4) is 0 Å². The molecular formula is C12H24N2O3. The van der Waals surface area contributed by atoms with Gasteiger partial charge in [-0.15, -0.1) is 0 Å². The van der Waals surface area contributed by atoms with Crippen molar-refractivity contribution in [3.63, 3.8) is 0 Å². The number of rotatable bonds is 5. The van der Waals surface area contributed by atoms with E-state index in [9.17, 15) is 4.79 Å². The average Bonchev–Trinajstić information content (AvgIpc) is 2.37. The highest BCUT2D eigenvalue weighted by atomic mass is 16.5. The van der Waals surface area contributed by atoms with Gasteiger partial charge in [0.05, 0.1) is 24.7 Å². The number of carbonyl (C=O) groups is 1. The second-order valence-electron chi connectivity index (χ2n) is 4.91. The Morgan fingerprint density at radius 1 is 1.53 bits per heavy atom. The van der Waals surface area contributed by atoms with E-state index in [1.165, 1.54) is 0 Å². The summed E-state index contributed by atoms with van der Waals surface area (Å²) in [5, 5.41) is 12.4. The maximum absolute atomic E-state index is 12.5. The van der Waals surface area contributed by atoms with Crippen LogP contribution >= 0.6 is 0 Å². The highest BCUT2D eigenvalue weighted by molar-refractivity contribution is 5.83. The molecule has 2 N–H and O–H groups in total. The number of hydrogen-bond donors (Lipinski definition) is 2. The first kappa shape index (κ1) is 14.4. The molecule has 0 spiro atoms. The zero-order valence-corrected chi connectivity index (χ0v) is 11.0. The molecule has 1 fully saturated rings. The van der Waals surface area contributed by atoms with E-state index in [0.29, 0.717) is 6.61 Å². The lowest BCUT2D eigenvalue weighted by molar-refractivity contribution is -0.148. The van der Waals surface area contributed by atoms with E-state index in [-0.39, 0.29) is 18.6 Å². The van der Waals surface area contributed by atoms with Crippen LogP contribution in [0.5, 0.6) is 0 Å². The zero-order chi connectivity index (χ0) is 12.9. The van der Waals surface area contributed by atoms with Gasteiger partial charge in [0.25, 0.3) is 0 Å². The third-order valence-electron chi connectivity index (χ3n) is 3.68. The summed E-state index contributed by atoms with van der Waals surface area (Å²) < 4.78 is 5.23. The number of carbonyl (C=O) groups excluding carboxylic acids is 1. The molecule has 1 aliphatic rings. The van der Waals surface area contributed by atoms with E-state index in [0.717, 1.165) is 25.9 Å². The summed E-state index contributed by atoms with van der Waals surface area (Å²) in [5.74, 6) is 0.0856. The van der Waals surface area contributed by atoms with Crippen molar-refractivity contribution in [2.24, 2.45) is 5.41 Å². The minimum absolute atomic E-state index is 0.0104. The molecule has 5 nitrogen and oxygen atoms in total. The van der Waals surface area contributed by atoms with Crippen LogP contribution in [-0.2, 0) is 9.53 Å². The van der Waals surface area contributed by atoms with Crippen molar-refractivity contribution < 1.29 is 14.6 Å². The van der Waals surface area contributed by atoms with Crippen LogP contribution in [-0.4, -0.2) is 62.4 Å². The molecule has 1 saturated heterocycles. The van der Waals surface area contributed by atoms with Gasteiger partial charge in [0, 0.05) is 14.2 Å². The lowest BCUT2D eigenvalue weighted by atomic mass is 9.78. The largest absolute Gasteiger partial charge is 0.394 e. The van der Waals surface area contributed by atoms with Gasteiger partial charge >= 0.3 is 0 Å². The number of aliphatic hydroxyl groups is 1. The molecule has 0 saturated carbocycles. The Labute approximate surface area is 103 Å². The second kappa shape index (κ2) is 6.33. The lowest BCUT2D eigenvalue weighted by Crippen LogP contribution is -2.53. The van der Waals surface area contributed by atoms with Gasteiger partial charge in [-0.2, -0.15) is 0 Å². The van der Waals surface area contributed by atoms with E-state index < -0.39 is 5.41 Å². The van der Waals surface area contributed by atoms with Crippen molar-refractivity contribution >= 4 is 5.91 Å².